The molecule has 0 aliphatic carbocycles. The molecule has 0 unspecified atom stereocenters. The number of imidazole rings is 1. The molecule has 1 atom stereocenters. The molecule has 0 bridgehead atoms. The van der Waals surface area contributed by atoms with Crippen LogP contribution in [0.1, 0.15) is 23.9 Å². The summed E-state index contributed by atoms with van der Waals surface area (Å²) in [5.74, 6) is 2.15. The molecule has 2 aromatic heterocycles. The van der Waals surface area contributed by atoms with Gasteiger partial charge >= 0.3 is 0 Å². The molecule has 0 radical (unpaired) electrons. The maximum absolute atomic E-state index is 4.90. The lowest BCUT2D eigenvalue weighted by atomic mass is 10.0. The number of hydrogen-bond acceptors (Lipinski definition) is 4. The molecule has 2 aliphatic heterocycles. The van der Waals surface area contributed by atoms with Gasteiger partial charge in [0.2, 0.25) is 0 Å². The summed E-state index contributed by atoms with van der Waals surface area (Å²) < 4.78 is 2.32. The van der Waals surface area contributed by atoms with Crippen LogP contribution in [0.4, 0.5) is 17.2 Å². The van der Waals surface area contributed by atoms with Crippen molar-refractivity contribution in [1.82, 2.24) is 14.5 Å². The van der Waals surface area contributed by atoms with E-state index in [4.69, 9.17) is 9.97 Å². The predicted octanol–water partition coefficient (Wildman–Crippen LogP) is 4.57. The number of pyridine rings is 1. The quantitative estimate of drug-likeness (QED) is 0.435. The predicted molar refractivity (Wildman–Crippen MR) is 113 cm³/mol. The summed E-state index contributed by atoms with van der Waals surface area (Å²) >= 11 is 0. The molecule has 0 spiro atoms. The van der Waals surface area contributed by atoms with Gasteiger partial charge in [-0.25, -0.2) is 9.97 Å². The lowest BCUT2D eigenvalue weighted by Gasteiger charge is -2.30. The van der Waals surface area contributed by atoms with Crippen LogP contribution in [0.25, 0.3) is 16.7 Å². The van der Waals surface area contributed by atoms with E-state index in [9.17, 15) is 0 Å². The van der Waals surface area contributed by atoms with Gasteiger partial charge in [-0.1, -0.05) is 18.2 Å². The van der Waals surface area contributed by atoms with E-state index in [-0.39, 0.29) is 6.17 Å². The molecule has 0 amide bonds. The molecule has 0 fully saturated rings. The molecule has 0 N–H and O–H groups in total. The Labute approximate surface area is 163 Å². The van der Waals surface area contributed by atoms with Gasteiger partial charge in [-0.3, -0.25) is 4.57 Å². The van der Waals surface area contributed by atoms with Gasteiger partial charge < -0.3 is 9.80 Å². The largest absolute Gasteiger partial charge is 0.351 e. The zero-order valence-electron chi connectivity index (χ0n) is 16.2. The van der Waals surface area contributed by atoms with Crippen LogP contribution in [0.5, 0.6) is 0 Å². The Hall–Kier alpha value is -3.34. The molecule has 0 saturated carbocycles. The number of anilines is 3. The summed E-state index contributed by atoms with van der Waals surface area (Å²) in [6.45, 7) is 4.44. The van der Waals surface area contributed by atoms with Crippen LogP contribution < -0.4 is 9.80 Å². The Morgan fingerprint density at radius 3 is 2.75 bits per heavy atom. The first-order valence-corrected chi connectivity index (χ1v) is 9.71. The van der Waals surface area contributed by atoms with Crippen molar-refractivity contribution < 1.29 is 0 Å². The van der Waals surface area contributed by atoms with Crippen LogP contribution in [0, 0.1) is 6.92 Å². The monoisotopic (exact) mass is 367 g/mol. The number of hydrogen-bond donors (Lipinski definition) is 0. The number of benzene rings is 2. The third-order valence-corrected chi connectivity index (χ3v) is 6.22. The Kier molecular flexibility index (Phi) is 3.00. The van der Waals surface area contributed by atoms with E-state index in [2.05, 4.69) is 77.7 Å². The lowest BCUT2D eigenvalue weighted by Crippen LogP contribution is -2.36. The van der Waals surface area contributed by atoms with E-state index < -0.39 is 0 Å². The van der Waals surface area contributed by atoms with Gasteiger partial charge in [0.15, 0.2) is 5.82 Å². The summed E-state index contributed by atoms with van der Waals surface area (Å²) in [6, 6.07) is 17.0. The van der Waals surface area contributed by atoms with Gasteiger partial charge in [-0.05, 0) is 49.7 Å². The fraction of sp³-hybridized carbons (Fsp3) is 0.217. The smallest absolute Gasteiger partial charge is 0.158 e. The van der Waals surface area contributed by atoms with Crippen molar-refractivity contribution in [3.63, 3.8) is 0 Å². The number of fused-ring (bicyclic) bond motifs is 6. The average molecular weight is 367 g/mol. The van der Waals surface area contributed by atoms with Crippen molar-refractivity contribution in [2.45, 2.75) is 26.4 Å². The van der Waals surface area contributed by atoms with E-state index in [0.717, 1.165) is 23.6 Å². The summed E-state index contributed by atoms with van der Waals surface area (Å²) in [7, 11) is 2.14. The van der Waals surface area contributed by atoms with Crippen LogP contribution in [-0.4, -0.2) is 27.7 Å². The maximum atomic E-state index is 4.90. The van der Waals surface area contributed by atoms with Gasteiger partial charge in [0.25, 0.3) is 0 Å². The molecule has 4 aromatic rings. The summed E-state index contributed by atoms with van der Waals surface area (Å²) in [5, 5.41) is 0. The van der Waals surface area contributed by atoms with Crippen LogP contribution in [0.2, 0.25) is 0 Å². The van der Waals surface area contributed by atoms with Gasteiger partial charge in [-0.15, -0.1) is 0 Å². The molecular formula is C23H21N5. The first-order chi connectivity index (χ1) is 13.6. The molecule has 138 valence electrons. The van der Waals surface area contributed by atoms with Gasteiger partial charge in [0.05, 0.1) is 28.1 Å². The van der Waals surface area contributed by atoms with Crippen molar-refractivity contribution in [3.05, 3.63) is 71.7 Å². The summed E-state index contributed by atoms with van der Waals surface area (Å²) in [4.78, 5) is 14.3. The van der Waals surface area contributed by atoms with Crippen LogP contribution in [-0.2, 0) is 6.42 Å². The molecule has 28 heavy (non-hydrogen) atoms. The van der Waals surface area contributed by atoms with Crippen molar-refractivity contribution in [1.29, 1.82) is 0 Å². The standard InChI is InChI=1S/C23H21N5/c1-14-10-11-18-16(13-21-25-17-7-4-5-8-19(17)28(18)21)22(14)27-15(2)26(3)20-9-6-12-24-23(20)27/h4-12,15H,13H2,1-3H3/t15-/m0/s1. The molecular weight excluding hydrogens is 346 g/mol. The summed E-state index contributed by atoms with van der Waals surface area (Å²) in [6.07, 6.45) is 2.94. The van der Waals surface area contributed by atoms with Crippen molar-refractivity contribution in [2.75, 3.05) is 16.8 Å². The lowest BCUT2D eigenvalue weighted by molar-refractivity contribution is 0.727. The molecule has 6 rings (SSSR count). The van der Waals surface area contributed by atoms with E-state index in [1.54, 1.807) is 0 Å². The van der Waals surface area contributed by atoms with E-state index in [1.807, 2.05) is 12.3 Å². The minimum atomic E-state index is 0.208. The minimum absolute atomic E-state index is 0.208. The Balaban J connectivity index is 1.60. The molecule has 0 saturated heterocycles. The molecule has 2 aromatic carbocycles. The fourth-order valence-electron chi connectivity index (χ4n) is 4.78. The highest BCUT2D eigenvalue weighted by molar-refractivity contribution is 5.87. The zero-order valence-corrected chi connectivity index (χ0v) is 16.2. The second kappa shape index (κ2) is 5.35. The van der Waals surface area contributed by atoms with Gasteiger partial charge in [0.1, 0.15) is 12.0 Å². The highest BCUT2D eigenvalue weighted by atomic mass is 15.4. The van der Waals surface area contributed by atoms with E-state index >= 15 is 0 Å². The first-order valence-electron chi connectivity index (χ1n) is 9.71. The second-order valence-corrected chi connectivity index (χ2v) is 7.72. The highest BCUT2D eigenvalue weighted by Crippen LogP contribution is 2.47. The minimum Gasteiger partial charge on any atom is -0.351 e. The van der Waals surface area contributed by atoms with Crippen molar-refractivity contribution in [2.24, 2.45) is 0 Å². The molecule has 5 heteroatoms. The third-order valence-electron chi connectivity index (χ3n) is 6.22. The van der Waals surface area contributed by atoms with E-state index in [0.29, 0.717) is 0 Å². The SMILES string of the molecule is Cc1ccc2c(c1N1c3ncccc3N(C)[C@@H]1C)Cc1nc3ccccc3n1-2. The molecule has 4 heterocycles. The van der Waals surface area contributed by atoms with Crippen molar-refractivity contribution in [3.8, 4) is 5.69 Å². The number of para-hydroxylation sites is 2. The maximum Gasteiger partial charge on any atom is 0.158 e. The Morgan fingerprint density at radius 1 is 1.00 bits per heavy atom. The van der Waals surface area contributed by atoms with Gasteiger partial charge in [-0.2, -0.15) is 0 Å². The fourth-order valence-corrected chi connectivity index (χ4v) is 4.78. The Bertz CT molecular complexity index is 1260. The van der Waals surface area contributed by atoms with Crippen LogP contribution in [0.15, 0.2) is 54.7 Å². The molecule has 5 nitrogen and oxygen atoms in total. The third kappa shape index (κ3) is 1.86. The number of nitrogens with zero attached hydrogens (tertiary/aromatic N) is 5. The summed E-state index contributed by atoms with van der Waals surface area (Å²) in [5.41, 5.74) is 8.53. The highest BCUT2D eigenvalue weighted by Gasteiger charge is 2.37. The average Bonchev–Trinajstić information content (AvgIpc) is 3.32. The second-order valence-electron chi connectivity index (χ2n) is 7.72. The normalized spacial score (nSPS) is 17.2. The van der Waals surface area contributed by atoms with Gasteiger partial charge in [0, 0.05) is 25.2 Å². The van der Waals surface area contributed by atoms with Crippen LogP contribution in [0.3, 0.4) is 0 Å². The topological polar surface area (TPSA) is 37.2 Å². The zero-order chi connectivity index (χ0) is 19.0. The molecule has 2 aliphatic rings. The number of aromatic nitrogens is 3. The Morgan fingerprint density at radius 2 is 1.86 bits per heavy atom. The number of rotatable bonds is 1. The van der Waals surface area contributed by atoms with Crippen LogP contribution >= 0.6 is 0 Å². The van der Waals surface area contributed by atoms with E-state index in [1.165, 1.54) is 33.7 Å². The number of aryl methyl sites for hydroxylation is 1. The van der Waals surface area contributed by atoms with Crippen molar-refractivity contribution >= 4 is 28.2 Å². The first kappa shape index (κ1) is 15.7.